The minimum absolute atomic E-state index is 0.0226. The highest BCUT2D eigenvalue weighted by Crippen LogP contribution is 2.26. The maximum atomic E-state index is 13.2. The standard InChI is InChI=1S/C21H27N7O/c1-15-18(13-26(3)25-15)21(29)28-11-7-10-27(12-17-8-5-4-6-9-17)19(14-28)20-22-16(2)23-24-20/h4-6,8-9,13,19H,7,10-12,14H2,1-3H3,(H,22,23,24). The molecule has 0 radical (unpaired) electrons. The summed E-state index contributed by atoms with van der Waals surface area (Å²) in [6.45, 7) is 6.71. The molecule has 1 atom stereocenters. The molecule has 1 aliphatic heterocycles. The zero-order chi connectivity index (χ0) is 20.4. The Hall–Kier alpha value is -3.00. The summed E-state index contributed by atoms with van der Waals surface area (Å²) in [5.41, 5.74) is 2.66. The number of H-pyrrole nitrogens is 1. The average molecular weight is 393 g/mol. The van der Waals surface area contributed by atoms with Crippen molar-refractivity contribution < 1.29 is 4.79 Å². The van der Waals surface area contributed by atoms with E-state index in [1.165, 1.54) is 5.56 Å². The first kappa shape index (κ1) is 19.3. The molecule has 1 saturated heterocycles. The van der Waals surface area contributed by atoms with Gasteiger partial charge in [-0.05, 0) is 25.8 Å². The third-order valence-corrected chi connectivity index (χ3v) is 5.38. The molecule has 0 aliphatic carbocycles. The van der Waals surface area contributed by atoms with Crippen LogP contribution in [0.1, 0.15) is 45.7 Å². The number of aryl methyl sites for hydroxylation is 3. The van der Waals surface area contributed by atoms with Crippen molar-refractivity contribution in [2.75, 3.05) is 19.6 Å². The van der Waals surface area contributed by atoms with Gasteiger partial charge < -0.3 is 4.90 Å². The molecule has 1 aliphatic rings. The highest BCUT2D eigenvalue weighted by atomic mass is 16.2. The Kier molecular flexibility index (Phi) is 5.44. The molecule has 0 spiro atoms. The van der Waals surface area contributed by atoms with Crippen LogP contribution in [0, 0.1) is 13.8 Å². The summed E-state index contributed by atoms with van der Waals surface area (Å²) in [4.78, 5) is 22.1. The van der Waals surface area contributed by atoms with Crippen LogP contribution in [0.5, 0.6) is 0 Å². The summed E-state index contributed by atoms with van der Waals surface area (Å²) in [7, 11) is 1.84. The Bertz CT molecular complexity index is 978. The molecule has 1 aromatic carbocycles. The monoisotopic (exact) mass is 393 g/mol. The highest BCUT2D eigenvalue weighted by Gasteiger charge is 2.32. The van der Waals surface area contributed by atoms with Crippen LogP contribution < -0.4 is 0 Å². The van der Waals surface area contributed by atoms with Crippen LogP contribution in [0.15, 0.2) is 36.5 Å². The molecule has 8 nitrogen and oxygen atoms in total. The third kappa shape index (κ3) is 4.22. The maximum absolute atomic E-state index is 13.2. The smallest absolute Gasteiger partial charge is 0.257 e. The summed E-state index contributed by atoms with van der Waals surface area (Å²) in [6.07, 6.45) is 2.70. The lowest BCUT2D eigenvalue weighted by Crippen LogP contribution is -2.38. The van der Waals surface area contributed by atoms with Crippen LogP contribution in [-0.4, -0.2) is 60.3 Å². The van der Waals surface area contributed by atoms with Crippen molar-refractivity contribution in [3.63, 3.8) is 0 Å². The van der Waals surface area contributed by atoms with Gasteiger partial charge in [-0.25, -0.2) is 4.98 Å². The van der Waals surface area contributed by atoms with E-state index in [0.29, 0.717) is 18.7 Å². The summed E-state index contributed by atoms with van der Waals surface area (Å²) in [5.74, 6) is 1.54. The molecule has 0 saturated carbocycles. The molecule has 4 rings (SSSR count). The van der Waals surface area contributed by atoms with Crippen molar-refractivity contribution in [3.05, 3.63) is 65.0 Å². The van der Waals surface area contributed by atoms with E-state index in [1.807, 2.05) is 31.9 Å². The predicted molar refractivity (Wildman–Crippen MR) is 109 cm³/mol. The highest BCUT2D eigenvalue weighted by molar-refractivity contribution is 5.95. The molecule has 2 aromatic heterocycles. The summed E-state index contributed by atoms with van der Waals surface area (Å²) in [6, 6.07) is 10.3. The first-order valence-electron chi connectivity index (χ1n) is 9.97. The van der Waals surface area contributed by atoms with Gasteiger partial charge in [-0.2, -0.15) is 10.2 Å². The van der Waals surface area contributed by atoms with E-state index in [2.05, 4.69) is 49.4 Å². The fraction of sp³-hybridized carbons (Fsp3) is 0.429. The van der Waals surface area contributed by atoms with Gasteiger partial charge in [0.1, 0.15) is 5.82 Å². The largest absolute Gasteiger partial charge is 0.336 e. The van der Waals surface area contributed by atoms with Crippen LogP contribution in [-0.2, 0) is 13.6 Å². The van der Waals surface area contributed by atoms with Gasteiger partial charge in [0, 0.05) is 39.4 Å². The quantitative estimate of drug-likeness (QED) is 0.735. The van der Waals surface area contributed by atoms with Crippen molar-refractivity contribution >= 4 is 5.91 Å². The zero-order valence-corrected chi connectivity index (χ0v) is 17.2. The fourth-order valence-corrected chi connectivity index (χ4v) is 3.96. The third-order valence-electron chi connectivity index (χ3n) is 5.38. The SMILES string of the molecule is Cc1nc(C2CN(C(=O)c3cn(C)nc3C)CCCN2Cc2ccccc2)n[nH]1. The summed E-state index contributed by atoms with van der Waals surface area (Å²) in [5, 5.41) is 11.7. The first-order valence-corrected chi connectivity index (χ1v) is 9.97. The molecule has 1 N–H and O–H groups in total. The maximum Gasteiger partial charge on any atom is 0.257 e. The van der Waals surface area contributed by atoms with Crippen molar-refractivity contribution in [1.29, 1.82) is 0 Å². The number of rotatable bonds is 4. The second-order valence-corrected chi connectivity index (χ2v) is 7.66. The van der Waals surface area contributed by atoms with Gasteiger partial charge in [-0.3, -0.25) is 19.5 Å². The minimum atomic E-state index is -0.0661. The van der Waals surface area contributed by atoms with Crippen molar-refractivity contribution in [2.24, 2.45) is 7.05 Å². The number of nitrogens with one attached hydrogen (secondary N) is 1. The van der Waals surface area contributed by atoms with Crippen molar-refractivity contribution in [3.8, 4) is 0 Å². The Morgan fingerprint density at radius 1 is 1.21 bits per heavy atom. The zero-order valence-electron chi connectivity index (χ0n) is 17.2. The molecule has 3 aromatic rings. The van der Waals surface area contributed by atoms with E-state index in [4.69, 9.17) is 0 Å². The number of benzene rings is 1. The van der Waals surface area contributed by atoms with Crippen LogP contribution in [0.3, 0.4) is 0 Å². The number of carbonyl (C=O) groups is 1. The predicted octanol–water partition coefficient (Wildman–Crippen LogP) is 2.24. The van der Waals surface area contributed by atoms with E-state index in [9.17, 15) is 4.79 Å². The molecule has 152 valence electrons. The summed E-state index contributed by atoms with van der Waals surface area (Å²) < 4.78 is 1.69. The molecule has 8 heteroatoms. The Morgan fingerprint density at radius 2 is 2.00 bits per heavy atom. The summed E-state index contributed by atoms with van der Waals surface area (Å²) >= 11 is 0. The molecule has 1 amide bonds. The molecular weight excluding hydrogens is 366 g/mol. The van der Waals surface area contributed by atoms with Gasteiger partial charge in [-0.15, -0.1) is 0 Å². The number of aromatic nitrogens is 5. The molecular formula is C21H27N7O. The fourth-order valence-electron chi connectivity index (χ4n) is 3.96. The van der Waals surface area contributed by atoms with Gasteiger partial charge >= 0.3 is 0 Å². The van der Waals surface area contributed by atoms with Gasteiger partial charge in [0.15, 0.2) is 5.82 Å². The lowest BCUT2D eigenvalue weighted by atomic mass is 10.1. The van der Waals surface area contributed by atoms with Crippen LogP contribution in [0.4, 0.5) is 0 Å². The Balaban J connectivity index is 1.62. The normalized spacial score (nSPS) is 18.0. The molecule has 0 bridgehead atoms. The van der Waals surface area contributed by atoms with Crippen LogP contribution in [0.25, 0.3) is 0 Å². The number of carbonyl (C=O) groups excluding carboxylic acids is 1. The number of nitrogens with zero attached hydrogens (tertiary/aromatic N) is 6. The van der Waals surface area contributed by atoms with E-state index in [1.54, 1.807) is 10.9 Å². The molecule has 29 heavy (non-hydrogen) atoms. The van der Waals surface area contributed by atoms with Gasteiger partial charge in [-0.1, -0.05) is 30.3 Å². The Morgan fingerprint density at radius 3 is 2.66 bits per heavy atom. The van der Waals surface area contributed by atoms with E-state index in [-0.39, 0.29) is 11.9 Å². The van der Waals surface area contributed by atoms with E-state index < -0.39 is 0 Å². The number of amides is 1. The number of aromatic amines is 1. The average Bonchev–Trinajstić information content (AvgIpc) is 3.21. The van der Waals surface area contributed by atoms with Crippen LogP contribution >= 0.6 is 0 Å². The lowest BCUT2D eigenvalue weighted by molar-refractivity contribution is 0.0725. The minimum Gasteiger partial charge on any atom is -0.336 e. The lowest BCUT2D eigenvalue weighted by Gasteiger charge is -2.30. The molecule has 3 heterocycles. The number of hydrogen-bond acceptors (Lipinski definition) is 5. The topological polar surface area (TPSA) is 82.9 Å². The second-order valence-electron chi connectivity index (χ2n) is 7.66. The molecule has 1 unspecified atom stereocenters. The number of hydrogen-bond donors (Lipinski definition) is 1. The van der Waals surface area contributed by atoms with Gasteiger partial charge in [0.2, 0.25) is 0 Å². The van der Waals surface area contributed by atoms with Gasteiger partial charge in [0.05, 0.1) is 17.3 Å². The Labute approximate surface area is 170 Å². The second kappa shape index (κ2) is 8.16. The van der Waals surface area contributed by atoms with Crippen molar-refractivity contribution in [2.45, 2.75) is 32.9 Å². The van der Waals surface area contributed by atoms with Crippen LogP contribution in [0.2, 0.25) is 0 Å². The van der Waals surface area contributed by atoms with E-state index in [0.717, 1.165) is 36.9 Å². The van der Waals surface area contributed by atoms with E-state index >= 15 is 0 Å². The van der Waals surface area contributed by atoms with Crippen molar-refractivity contribution in [1.82, 2.24) is 34.8 Å². The first-order chi connectivity index (χ1) is 14.0. The molecule has 1 fully saturated rings. The van der Waals surface area contributed by atoms with Gasteiger partial charge in [0.25, 0.3) is 5.91 Å².